The molecule has 0 saturated carbocycles. The van der Waals surface area contributed by atoms with Crippen LogP contribution < -0.4 is 0 Å². The molecule has 0 bridgehead atoms. The van der Waals surface area contributed by atoms with Gasteiger partial charge in [-0.2, -0.15) is 4.98 Å². The minimum absolute atomic E-state index is 0.0396. The molecule has 0 aliphatic carbocycles. The zero-order chi connectivity index (χ0) is 17.9. The van der Waals surface area contributed by atoms with Gasteiger partial charge in [-0.15, -0.1) is 0 Å². The molecule has 0 spiro atoms. The minimum atomic E-state index is -0.202. The predicted octanol–water partition coefficient (Wildman–Crippen LogP) is 2.41. The topological polar surface area (TPSA) is 79.5 Å². The Morgan fingerprint density at radius 2 is 2.00 bits per heavy atom. The Hall–Kier alpha value is -2.70. The van der Waals surface area contributed by atoms with Crippen LogP contribution in [0.5, 0.6) is 0 Å². The van der Waals surface area contributed by atoms with E-state index in [1.165, 1.54) is 0 Å². The van der Waals surface area contributed by atoms with Crippen LogP contribution in [0.4, 0.5) is 0 Å². The average molecular weight is 354 g/mol. The van der Waals surface area contributed by atoms with Crippen molar-refractivity contribution in [3.63, 3.8) is 0 Å². The third-order valence-corrected chi connectivity index (χ3v) is 5.08. The van der Waals surface area contributed by atoms with E-state index in [2.05, 4.69) is 10.1 Å². The first kappa shape index (κ1) is 16.8. The van der Waals surface area contributed by atoms with Crippen LogP contribution in [0.25, 0.3) is 11.4 Å². The number of nitrogens with zero attached hydrogens (tertiary/aromatic N) is 4. The van der Waals surface area contributed by atoms with Gasteiger partial charge in [0.2, 0.25) is 23.5 Å². The van der Waals surface area contributed by atoms with Gasteiger partial charge < -0.3 is 14.3 Å². The van der Waals surface area contributed by atoms with Crippen LogP contribution in [0.1, 0.15) is 44.0 Å². The van der Waals surface area contributed by atoms with E-state index in [1.807, 2.05) is 30.3 Å². The molecule has 136 valence electrons. The number of carbonyl (C=O) groups excluding carboxylic acids is 2. The third-order valence-electron chi connectivity index (χ3n) is 5.08. The van der Waals surface area contributed by atoms with E-state index >= 15 is 0 Å². The lowest BCUT2D eigenvalue weighted by molar-refractivity contribution is -0.142. The number of hydrogen-bond donors (Lipinski definition) is 0. The average Bonchev–Trinajstić information content (AvgIpc) is 3.33. The number of amides is 2. The molecule has 7 heteroatoms. The highest BCUT2D eigenvalue weighted by Crippen LogP contribution is 2.32. The molecule has 2 aliphatic heterocycles. The van der Waals surface area contributed by atoms with Gasteiger partial charge >= 0.3 is 0 Å². The van der Waals surface area contributed by atoms with Crippen LogP contribution >= 0.6 is 0 Å². The highest BCUT2D eigenvalue weighted by atomic mass is 16.5. The second kappa shape index (κ2) is 7.27. The van der Waals surface area contributed by atoms with Crippen molar-refractivity contribution in [1.82, 2.24) is 19.9 Å². The van der Waals surface area contributed by atoms with Crippen molar-refractivity contribution in [2.45, 2.75) is 38.1 Å². The molecule has 4 rings (SSSR count). The number of carbonyl (C=O) groups is 2. The van der Waals surface area contributed by atoms with Crippen LogP contribution in [0.3, 0.4) is 0 Å². The Morgan fingerprint density at radius 1 is 1.15 bits per heavy atom. The first-order chi connectivity index (χ1) is 12.7. The fraction of sp³-hybridized carbons (Fsp3) is 0.474. The Kier molecular flexibility index (Phi) is 4.69. The minimum Gasteiger partial charge on any atom is -0.337 e. The fourth-order valence-corrected chi connectivity index (χ4v) is 3.68. The molecule has 2 aliphatic rings. The van der Waals surface area contributed by atoms with Gasteiger partial charge in [-0.3, -0.25) is 9.59 Å². The molecule has 1 atom stereocenters. The van der Waals surface area contributed by atoms with Crippen molar-refractivity contribution in [1.29, 1.82) is 0 Å². The van der Waals surface area contributed by atoms with E-state index < -0.39 is 0 Å². The van der Waals surface area contributed by atoms with Gasteiger partial charge in [0.25, 0.3) is 0 Å². The summed E-state index contributed by atoms with van der Waals surface area (Å²) >= 11 is 0. The maximum Gasteiger partial charge on any atom is 0.249 e. The molecule has 0 radical (unpaired) electrons. The van der Waals surface area contributed by atoms with E-state index in [-0.39, 0.29) is 24.4 Å². The van der Waals surface area contributed by atoms with Crippen molar-refractivity contribution < 1.29 is 14.1 Å². The van der Waals surface area contributed by atoms with Gasteiger partial charge in [0.1, 0.15) is 6.04 Å². The molecule has 2 aromatic rings. The van der Waals surface area contributed by atoms with E-state index in [0.29, 0.717) is 31.2 Å². The van der Waals surface area contributed by atoms with Crippen LogP contribution in [0, 0.1) is 0 Å². The number of likely N-dealkylation sites (tertiary alicyclic amines) is 2. The predicted molar refractivity (Wildman–Crippen MR) is 93.9 cm³/mol. The molecular weight excluding hydrogens is 332 g/mol. The Labute approximate surface area is 152 Å². The third kappa shape index (κ3) is 3.34. The molecule has 7 nitrogen and oxygen atoms in total. The van der Waals surface area contributed by atoms with E-state index in [0.717, 1.165) is 31.2 Å². The Bertz CT molecular complexity index is 789. The zero-order valence-corrected chi connectivity index (χ0v) is 14.6. The van der Waals surface area contributed by atoms with Crippen LogP contribution in [0.15, 0.2) is 34.9 Å². The summed E-state index contributed by atoms with van der Waals surface area (Å²) in [4.78, 5) is 32.7. The molecule has 1 aromatic carbocycles. The molecule has 3 heterocycles. The molecular formula is C19H22N4O3. The highest BCUT2D eigenvalue weighted by Gasteiger charge is 2.35. The lowest BCUT2D eigenvalue weighted by Gasteiger charge is -2.29. The van der Waals surface area contributed by atoms with Crippen molar-refractivity contribution in [3.8, 4) is 11.4 Å². The summed E-state index contributed by atoms with van der Waals surface area (Å²) in [5.74, 6) is 1.04. The summed E-state index contributed by atoms with van der Waals surface area (Å²) in [6, 6.07) is 9.43. The van der Waals surface area contributed by atoms with Gasteiger partial charge in [0, 0.05) is 25.1 Å². The normalized spacial score (nSPS) is 20.6. The van der Waals surface area contributed by atoms with Crippen molar-refractivity contribution in [2.75, 3.05) is 19.6 Å². The second-order valence-corrected chi connectivity index (χ2v) is 6.84. The molecule has 2 fully saturated rings. The van der Waals surface area contributed by atoms with E-state index in [9.17, 15) is 9.59 Å². The van der Waals surface area contributed by atoms with Crippen molar-refractivity contribution >= 4 is 11.8 Å². The number of benzene rings is 1. The van der Waals surface area contributed by atoms with Gasteiger partial charge in [0.15, 0.2) is 0 Å². The highest BCUT2D eigenvalue weighted by molar-refractivity contribution is 5.85. The summed E-state index contributed by atoms with van der Waals surface area (Å²) < 4.78 is 5.46. The van der Waals surface area contributed by atoms with Gasteiger partial charge in [-0.25, -0.2) is 0 Å². The first-order valence-electron chi connectivity index (χ1n) is 9.18. The first-order valence-corrected chi connectivity index (χ1v) is 9.18. The van der Waals surface area contributed by atoms with Crippen molar-refractivity contribution in [3.05, 3.63) is 36.2 Å². The Morgan fingerprint density at radius 3 is 2.81 bits per heavy atom. The number of hydrogen-bond acceptors (Lipinski definition) is 5. The van der Waals surface area contributed by atoms with Crippen molar-refractivity contribution in [2.24, 2.45) is 0 Å². The van der Waals surface area contributed by atoms with Crippen LogP contribution in [0.2, 0.25) is 0 Å². The lowest BCUT2D eigenvalue weighted by atomic mass is 10.1. The maximum absolute atomic E-state index is 12.8. The summed E-state index contributed by atoms with van der Waals surface area (Å²) in [6.07, 6.45) is 4.12. The summed E-state index contributed by atoms with van der Waals surface area (Å²) in [6.45, 7) is 1.48. The summed E-state index contributed by atoms with van der Waals surface area (Å²) in [7, 11) is 0. The molecule has 2 amide bonds. The second-order valence-electron chi connectivity index (χ2n) is 6.84. The Balaban J connectivity index is 1.47. The smallest absolute Gasteiger partial charge is 0.249 e. The lowest BCUT2D eigenvalue weighted by Crippen LogP contribution is -2.44. The van der Waals surface area contributed by atoms with Crippen LogP contribution in [-0.2, 0) is 9.59 Å². The number of piperidine rings is 1. The number of rotatable bonds is 4. The quantitative estimate of drug-likeness (QED) is 0.842. The molecule has 1 aromatic heterocycles. The van der Waals surface area contributed by atoms with Gasteiger partial charge in [0.05, 0.1) is 6.54 Å². The number of aromatic nitrogens is 2. The molecule has 26 heavy (non-hydrogen) atoms. The van der Waals surface area contributed by atoms with Gasteiger partial charge in [-0.05, 0) is 25.7 Å². The van der Waals surface area contributed by atoms with Crippen LogP contribution in [-0.4, -0.2) is 51.4 Å². The maximum atomic E-state index is 12.8. The largest absolute Gasteiger partial charge is 0.337 e. The van der Waals surface area contributed by atoms with E-state index in [1.54, 1.807) is 9.80 Å². The SMILES string of the molecule is O=C1CCCCN1CC(=O)N1CCCC1c1nc(-c2ccccc2)no1. The van der Waals surface area contributed by atoms with Gasteiger partial charge in [-0.1, -0.05) is 35.5 Å². The fourth-order valence-electron chi connectivity index (χ4n) is 3.68. The molecule has 1 unspecified atom stereocenters. The molecule has 0 N–H and O–H groups in total. The standard InChI is InChI=1S/C19H22N4O3/c24-16-10-4-5-11-22(16)13-17(25)23-12-6-9-15(23)19-20-18(21-26-19)14-7-2-1-3-8-14/h1-3,7-8,15H,4-6,9-13H2. The monoisotopic (exact) mass is 354 g/mol. The zero-order valence-electron chi connectivity index (χ0n) is 14.6. The summed E-state index contributed by atoms with van der Waals surface area (Å²) in [5.41, 5.74) is 0.886. The summed E-state index contributed by atoms with van der Waals surface area (Å²) in [5, 5.41) is 4.06. The van der Waals surface area contributed by atoms with E-state index in [4.69, 9.17) is 4.52 Å². The molecule has 2 saturated heterocycles.